The highest BCUT2D eigenvalue weighted by Gasteiger charge is 2.59. The Labute approximate surface area is 165 Å². The minimum Gasteiger partial charge on any atom is -0.390 e. The van der Waals surface area contributed by atoms with Gasteiger partial charge in [0.25, 0.3) is 11.8 Å². The molecule has 0 saturated carbocycles. The summed E-state index contributed by atoms with van der Waals surface area (Å²) in [5.74, 6) is -1.15. The Bertz CT molecular complexity index is 690. The molecule has 156 valence electrons. The highest BCUT2D eigenvalue weighted by Crippen LogP contribution is 2.38. The van der Waals surface area contributed by atoms with Gasteiger partial charge in [-0.15, -0.1) is 0 Å². The summed E-state index contributed by atoms with van der Waals surface area (Å²) < 4.78 is 0. The third-order valence-corrected chi connectivity index (χ3v) is 6.41. The van der Waals surface area contributed by atoms with Crippen molar-refractivity contribution >= 4 is 23.6 Å². The molecule has 0 aliphatic carbocycles. The smallest absolute Gasteiger partial charge is 0.250 e. The number of β-lactam (4-membered cyclic amide) rings is 1. The van der Waals surface area contributed by atoms with Gasteiger partial charge in [-0.1, -0.05) is 0 Å². The Morgan fingerprint density at radius 2 is 1.86 bits per heavy atom. The molecule has 3 saturated heterocycles. The summed E-state index contributed by atoms with van der Waals surface area (Å²) in [6, 6.07) is 0. The first kappa shape index (κ1) is 20.6. The molecule has 28 heavy (non-hydrogen) atoms. The Hall–Kier alpha value is -2.16. The first-order valence-electron chi connectivity index (χ1n) is 9.98. The zero-order chi connectivity index (χ0) is 20.7. The fourth-order valence-corrected chi connectivity index (χ4v) is 4.60. The summed E-state index contributed by atoms with van der Waals surface area (Å²) >= 11 is 0. The van der Waals surface area contributed by atoms with Crippen LogP contribution >= 0.6 is 0 Å². The molecule has 3 fully saturated rings. The quantitative estimate of drug-likeness (QED) is 0.587. The number of nitrogens with one attached hydrogen (secondary N) is 1. The molecule has 0 aromatic heterocycles. The maximum absolute atomic E-state index is 12.8. The Kier molecular flexibility index (Phi) is 5.40. The van der Waals surface area contributed by atoms with Crippen LogP contribution in [0.3, 0.4) is 0 Å². The summed E-state index contributed by atoms with van der Waals surface area (Å²) in [5, 5.41) is 12.8. The van der Waals surface area contributed by atoms with Crippen LogP contribution in [0, 0.1) is 0 Å². The maximum atomic E-state index is 12.8. The van der Waals surface area contributed by atoms with Crippen LogP contribution in [0.2, 0.25) is 0 Å². The fraction of sp³-hybridized carbons (Fsp3) is 0.789. The van der Waals surface area contributed by atoms with E-state index in [0.29, 0.717) is 32.6 Å². The predicted molar refractivity (Wildman–Crippen MR) is 100.0 cm³/mol. The lowest BCUT2D eigenvalue weighted by Crippen LogP contribution is -2.74. The number of likely N-dealkylation sites (tertiary alicyclic amines) is 3. The van der Waals surface area contributed by atoms with Crippen LogP contribution in [0.15, 0.2) is 0 Å². The Morgan fingerprint density at radius 3 is 2.39 bits per heavy atom. The summed E-state index contributed by atoms with van der Waals surface area (Å²) in [7, 11) is 0. The molecule has 0 aromatic rings. The second kappa shape index (κ2) is 7.35. The highest BCUT2D eigenvalue weighted by atomic mass is 16.3. The van der Waals surface area contributed by atoms with E-state index in [1.807, 2.05) is 0 Å². The normalized spacial score (nSPS) is 27.6. The Balaban J connectivity index is 1.62. The number of hydrogen-bond donors (Lipinski definition) is 2. The molecule has 9 heteroatoms. The standard InChI is InChI=1S/C19H30N4O5/c1-13(24)18(3,16(27)21-8-4-5-9-21)20-15(26)11-22-12-19(17(22)28)7-6-10-23(19)14(2)25/h13,24H,4-12H2,1-3H3,(H,20,26)/t13-,18-,19?/m1/s1. The van der Waals surface area contributed by atoms with E-state index in [9.17, 15) is 24.3 Å². The van der Waals surface area contributed by atoms with Crippen LogP contribution in [0.5, 0.6) is 0 Å². The molecule has 3 atom stereocenters. The molecule has 3 heterocycles. The monoisotopic (exact) mass is 394 g/mol. The topological polar surface area (TPSA) is 110 Å². The summed E-state index contributed by atoms with van der Waals surface area (Å²) in [5.41, 5.74) is -2.24. The lowest BCUT2D eigenvalue weighted by atomic mass is 9.85. The van der Waals surface area contributed by atoms with Crippen LogP contribution in [0.4, 0.5) is 0 Å². The number of amides is 4. The molecular weight excluding hydrogens is 364 g/mol. The highest BCUT2D eigenvalue weighted by molar-refractivity contribution is 6.00. The van der Waals surface area contributed by atoms with Crippen LogP contribution < -0.4 is 5.32 Å². The second-order valence-corrected chi connectivity index (χ2v) is 8.39. The summed E-state index contributed by atoms with van der Waals surface area (Å²) in [4.78, 5) is 54.6. The molecule has 1 unspecified atom stereocenters. The van der Waals surface area contributed by atoms with E-state index in [-0.39, 0.29) is 24.3 Å². The molecule has 4 amide bonds. The van der Waals surface area contributed by atoms with Crippen molar-refractivity contribution in [1.29, 1.82) is 0 Å². The van der Waals surface area contributed by atoms with E-state index in [2.05, 4.69) is 5.32 Å². The van der Waals surface area contributed by atoms with E-state index in [0.717, 1.165) is 19.3 Å². The van der Waals surface area contributed by atoms with Gasteiger partial charge in [-0.05, 0) is 39.5 Å². The van der Waals surface area contributed by atoms with Gasteiger partial charge in [-0.25, -0.2) is 0 Å². The van der Waals surface area contributed by atoms with Crippen molar-refractivity contribution in [1.82, 2.24) is 20.0 Å². The first-order chi connectivity index (χ1) is 13.1. The van der Waals surface area contributed by atoms with Crippen molar-refractivity contribution in [2.45, 2.75) is 63.6 Å². The van der Waals surface area contributed by atoms with Crippen molar-refractivity contribution in [2.24, 2.45) is 0 Å². The molecule has 3 aliphatic rings. The second-order valence-electron chi connectivity index (χ2n) is 8.39. The molecule has 0 aromatic carbocycles. The average molecular weight is 394 g/mol. The van der Waals surface area contributed by atoms with Gasteiger partial charge in [-0.2, -0.15) is 0 Å². The number of carbonyl (C=O) groups excluding carboxylic acids is 4. The van der Waals surface area contributed by atoms with Crippen LogP contribution in [-0.2, 0) is 19.2 Å². The molecule has 3 aliphatic heterocycles. The maximum Gasteiger partial charge on any atom is 0.250 e. The fourth-order valence-electron chi connectivity index (χ4n) is 4.60. The predicted octanol–water partition coefficient (Wildman–Crippen LogP) is -0.912. The molecule has 0 bridgehead atoms. The minimum absolute atomic E-state index is 0.132. The van der Waals surface area contributed by atoms with Gasteiger partial charge in [0.15, 0.2) is 0 Å². The van der Waals surface area contributed by atoms with Gasteiger partial charge in [0.1, 0.15) is 11.1 Å². The van der Waals surface area contributed by atoms with Crippen molar-refractivity contribution in [3.8, 4) is 0 Å². The van der Waals surface area contributed by atoms with E-state index in [4.69, 9.17) is 0 Å². The molecule has 9 nitrogen and oxygen atoms in total. The van der Waals surface area contributed by atoms with E-state index in [1.54, 1.807) is 9.80 Å². The SMILES string of the molecule is CC(=O)N1CCCC12CN(CC(=O)N[C@@](C)(C(=O)N1CCCC1)[C@@H](C)O)C2=O. The largest absolute Gasteiger partial charge is 0.390 e. The molecule has 0 radical (unpaired) electrons. The van der Waals surface area contributed by atoms with Crippen molar-refractivity contribution in [2.75, 3.05) is 32.7 Å². The number of rotatable bonds is 5. The van der Waals surface area contributed by atoms with E-state index >= 15 is 0 Å². The first-order valence-corrected chi connectivity index (χ1v) is 9.98. The zero-order valence-corrected chi connectivity index (χ0v) is 16.9. The van der Waals surface area contributed by atoms with Gasteiger partial charge < -0.3 is 25.1 Å². The molecule has 1 spiro atoms. The van der Waals surface area contributed by atoms with Gasteiger partial charge in [-0.3, -0.25) is 19.2 Å². The number of carbonyl (C=O) groups is 4. The lowest BCUT2D eigenvalue weighted by Gasteiger charge is -2.50. The zero-order valence-electron chi connectivity index (χ0n) is 16.9. The van der Waals surface area contributed by atoms with Crippen LogP contribution in [0.1, 0.15) is 46.5 Å². The van der Waals surface area contributed by atoms with Crippen molar-refractivity contribution in [3.63, 3.8) is 0 Å². The molecule has 3 rings (SSSR count). The summed E-state index contributed by atoms with van der Waals surface area (Å²) in [6.45, 7) is 6.37. The van der Waals surface area contributed by atoms with Gasteiger partial charge in [0, 0.05) is 26.6 Å². The number of nitrogens with zero attached hydrogens (tertiary/aromatic N) is 3. The summed E-state index contributed by atoms with van der Waals surface area (Å²) in [6.07, 6.45) is 2.13. The van der Waals surface area contributed by atoms with Crippen LogP contribution in [-0.4, -0.2) is 93.3 Å². The van der Waals surface area contributed by atoms with Gasteiger partial charge in [0.05, 0.1) is 19.2 Å². The van der Waals surface area contributed by atoms with Crippen molar-refractivity contribution < 1.29 is 24.3 Å². The van der Waals surface area contributed by atoms with Crippen molar-refractivity contribution in [3.05, 3.63) is 0 Å². The molecular formula is C19H30N4O5. The Morgan fingerprint density at radius 1 is 1.21 bits per heavy atom. The third kappa shape index (κ3) is 3.25. The minimum atomic E-state index is -1.44. The van der Waals surface area contributed by atoms with Gasteiger partial charge >= 0.3 is 0 Å². The van der Waals surface area contributed by atoms with Crippen LogP contribution in [0.25, 0.3) is 0 Å². The van der Waals surface area contributed by atoms with E-state index in [1.165, 1.54) is 25.7 Å². The number of aliphatic hydroxyl groups is 1. The molecule has 2 N–H and O–H groups in total. The average Bonchev–Trinajstić information content (AvgIpc) is 3.31. The van der Waals surface area contributed by atoms with E-state index < -0.39 is 23.1 Å². The third-order valence-electron chi connectivity index (χ3n) is 6.41. The number of hydrogen-bond acceptors (Lipinski definition) is 5. The lowest BCUT2D eigenvalue weighted by molar-refractivity contribution is -0.168. The van der Waals surface area contributed by atoms with Gasteiger partial charge in [0.2, 0.25) is 11.8 Å². The number of aliphatic hydroxyl groups excluding tert-OH is 1.